The van der Waals surface area contributed by atoms with E-state index in [9.17, 15) is 9.59 Å². The average Bonchev–Trinajstić information content (AvgIpc) is 2.42. The zero-order valence-corrected chi connectivity index (χ0v) is 12.6. The maximum absolute atomic E-state index is 12.0. The summed E-state index contributed by atoms with van der Waals surface area (Å²) in [7, 11) is 0. The van der Waals surface area contributed by atoms with Gasteiger partial charge < -0.3 is 9.57 Å². The van der Waals surface area contributed by atoms with Crippen molar-refractivity contribution in [1.29, 1.82) is 0 Å². The molecule has 1 aromatic rings. The first kappa shape index (κ1) is 15.4. The third kappa shape index (κ3) is 4.48. The molecule has 0 heterocycles. The molecule has 5 nitrogen and oxygen atoms in total. The molecule has 1 atom stereocenters. The number of amides is 1. The first-order chi connectivity index (χ1) is 9.85. The van der Waals surface area contributed by atoms with Crippen LogP contribution >= 0.6 is 0 Å². The van der Waals surface area contributed by atoms with Gasteiger partial charge >= 0.3 is 12.1 Å². The number of hydroxylamine groups is 1. The third-order valence-electron chi connectivity index (χ3n) is 3.31. The van der Waals surface area contributed by atoms with Gasteiger partial charge in [-0.15, -0.1) is 5.48 Å². The van der Waals surface area contributed by atoms with Crippen LogP contribution in [0.1, 0.15) is 38.3 Å². The molecule has 0 saturated heterocycles. The van der Waals surface area contributed by atoms with Crippen molar-refractivity contribution in [3.8, 4) is 0 Å². The van der Waals surface area contributed by atoms with Crippen LogP contribution in [-0.2, 0) is 27.2 Å². The van der Waals surface area contributed by atoms with Crippen molar-refractivity contribution in [3.05, 3.63) is 35.4 Å². The van der Waals surface area contributed by atoms with Crippen LogP contribution in [0.2, 0.25) is 0 Å². The van der Waals surface area contributed by atoms with E-state index in [1.54, 1.807) is 20.8 Å². The number of nitrogens with one attached hydrogen (secondary N) is 1. The second-order valence-electron chi connectivity index (χ2n) is 6.23. The summed E-state index contributed by atoms with van der Waals surface area (Å²) < 4.78 is 5.00. The molecule has 0 spiro atoms. The van der Waals surface area contributed by atoms with Gasteiger partial charge in [-0.25, -0.2) is 9.59 Å². The Morgan fingerprint density at radius 1 is 1.19 bits per heavy atom. The molecule has 1 N–H and O–H groups in total. The van der Waals surface area contributed by atoms with Crippen LogP contribution < -0.4 is 5.48 Å². The van der Waals surface area contributed by atoms with Crippen LogP contribution in [0.4, 0.5) is 4.79 Å². The van der Waals surface area contributed by atoms with Crippen LogP contribution in [0.5, 0.6) is 0 Å². The van der Waals surface area contributed by atoms with Crippen molar-refractivity contribution in [2.75, 3.05) is 0 Å². The molecule has 0 radical (unpaired) electrons. The molecule has 1 aromatic carbocycles. The molecule has 114 valence electrons. The molecule has 0 aromatic heterocycles. The first-order valence-corrected chi connectivity index (χ1v) is 7.11. The van der Waals surface area contributed by atoms with Crippen LogP contribution in [0.15, 0.2) is 24.3 Å². The lowest BCUT2D eigenvalue weighted by Crippen LogP contribution is -2.36. The molecule has 2 rings (SSSR count). The number of rotatable bonds is 1. The SMILES string of the molecule is CC(C)(C)OC(=O)NOC(=O)[C@H]1CCc2ccccc2C1. The minimum Gasteiger partial charge on any atom is -0.442 e. The van der Waals surface area contributed by atoms with Crippen molar-refractivity contribution >= 4 is 12.1 Å². The van der Waals surface area contributed by atoms with Gasteiger partial charge in [0.15, 0.2) is 0 Å². The molecule has 0 saturated carbocycles. The van der Waals surface area contributed by atoms with Crippen LogP contribution in [0, 0.1) is 5.92 Å². The largest absolute Gasteiger partial charge is 0.442 e. The van der Waals surface area contributed by atoms with Crippen LogP contribution in [0.25, 0.3) is 0 Å². The van der Waals surface area contributed by atoms with E-state index in [-0.39, 0.29) is 5.92 Å². The quantitative estimate of drug-likeness (QED) is 0.808. The van der Waals surface area contributed by atoms with Gasteiger partial charge in [0.05, 0.1) is 5.92 Å². The van der Waals surface area contributed by atoms with E-state index >= 15 is 0 Å². The molecule has 0 fully saturated rings. The minimum atomic E-state index is -0.757. The molecule has 0 aliphatic heterocycles. The Kier molecular flexibility index (Phi) is 4.50. The molecule has 5 heteroatoms. The van der Waals surface area contributed by atoms with E-state index in [0.717, 1.165) is 12.8 Å². The van der Waals surface area contributed by atoms with E-state index in [1.165, 1.54) is 11.1 Å². The Hall–Kier alpha value is -2.04. The fourth-order valence-electron chi connectivity index (χ4n) is 2.37. The van der Waals surface area contributed by atoms with E-state index < -0.39 is 17.7 Å². The number of aryl methyl sites for hydroxylation is 1. The Balaban J connectivity index is 1.84. The van der Waals surface area contributed by atoms with Crippen molar-refractivity contribution in [2.24, 2.45) is 5.92 Å². The van der Waals surface area contributed by atoms with E-state index in [1.807, 2.05) is 23.7 Å². The standard InChI is InChI=1S/C16H21NO4/c1-16(2,3)20-15(19)17-21-14(18)13-9-8-11-6-4-5-7-12(11)10-13/h4-7,13H,8-10H2,1-3H3,(H,17,19)/t13-/m0/s1. The molecule has 0 unspecified atom stereocenters. The Bertz CT molecular complexity index is 533. The third-order valence-corrected chi connectivity index (χ3v) is 3.31. The van der Waals surface area contributed by atoms with Gasteiger partial charge in [0.2, 0.25) is 0 Å². The van der Waals surface area contributed by atoms with Crippen molar-refractivity contribution < 1.29 is 19.2 Å². The highest BCUT2D eigenvalue weighted by molar-refractivity contribution is 5.76. The summed E-state index contributed by atoms with van der Waals surface area (Å²) in [6, 6.07) is 8.07. The molecule has 1 aliphatic rings. The molecule has 0 bridgehead atoms. The van der Waals surface area contributed by atoms with Gasteiger partial charge in [0, 0.05) is 0 Å². The lowest BCUT2D eigenvalue weighted by atomic mass is 9.84. The zero-order valence-electron chi connectivity index (χ0n) is 12.6. The predicted molar refractivity (Wildman–Crippen MR) is 77.4 cm³/mol. The zero-order chi connectivity index (χ0) is 15.5. The van der Waals surface area contributed by atoms with Crippen molar-refractivity contribution in [3.63, 3.8) is 0 Å². The number of hydrogen-bond acceptors (Lipinski definition) is 4. The topological polar surface area (TPSA) is 64.6 Å². The maximum atomic E-state index is 12.0. The highest BCUT2D eigenvalue weighted by Crippen LogP contribution is 2.25. The maximum Gasteiger partial charge on any atom is 0.441 e. The summed E-state index contributed by atoms with van der Waals surface area (Å²) in [6.45, 7) is 5.23. The molecular weight excluding hydrogens is 270 g/mol. The van der Waals surface area contributed by atoms with Gasteiger partial charge in [-0.1, -0.05) is 24.3 Å². The molecule has 21 heavy (non-hydrogen) atoms. The number of carbonyl (C=O) groups is 2. The van der Waals surface area contributed by atoms with Gasteiger partial charge in [-0.3, -0.25) is 0 Å². The number of benzene rings is 1. The number of fused-ring (bicyclic) bond motifs is 1. The average molecular weight is 291 g/mol. The van der Waals surface area contributed by atoms with Crippen molar-refractivity contribution in [1.82, 2.24) is 5.48 Å². The Morgan fingerprint density at radius 3 is 2.52 bits per heavy atom. The van der Waals surface area contributed by atoms with E-state index in [2.05, 4.69) is 6.07 Å². The lowest BCUT2D eigenvalue weighted by molar-refractivity contribution is -0.156. The highest BCUT2D eigenvalue weighted by Gasteiger charge is 2.27. The van der Waals surface area contributed by atoms with Crippen LogP contribution in [0.3, 0.4) is 0 Å². The second-order valence-corrected chi connectivity index (χ2v) is 6.23. The lowest BCUT2D eigenvalue weighted by Gasteiger charge is -2.23. The first-order valence-electron chi connectivity index (χ1n) is 7.11. The number of ether oxygens (including phenoxy) is 1. The highest BCUT2D eigenvalue weighted by atomic mass is 16.7. The van der Waals surface area contributed by atoms with Gasteiger partial charge in [-0.05, 0) is 51.2 Å². The fourth-order valence-corrected chi connectivity index (χ4v) is 2.37. The van der Waals surface area contributed by atoms with Crippen molar-refractivity contribution in [2.45, 2.75) is 45.6 Å². The summed E-state index contributed by atoms with van der Waals surface area (Å²) >= 11 is 0. The van der Waals surface area contributed by atoms with Crippen LogP contribution in [-0.4, -0.2) is 17.7 Å². The predicted octanol–water partition coefficient (Wildman–Crippen LogP) is 2.77. The summed E-state index contributed by atoms with van der Waals surface area (Å²) in [4.78, 5) is 28.3. The fraction of sp³-hybridized carbons (Fsp3) is 0.500. The normalized spacial score (nSPS) is 17.6. The summed E-state index contributed by atoms with van der Waals surface area (Å²) in [5.41, 5.74) is 3.87. The van der Waals surface area contributed by atoms with E-state index in [4.69, 9.17) is 9.57 Å². The summed E-state index contributed by atoms with van der Waals surface area (Å²) in [5, 5.41) is 0. The van der Waals surface area contributed by atoms with E-state index in [0.29, 0.717) is 6.42 Å². The summed E-state index contributed by atoms with van der Waals surface area (Å²) in [6.07, 6.45) is 1.46. The smallest absolute Gasteiger partial charge is 0.441 e. The molecule has 1 aliphatic carbocycles. The Morgan fingerprint density at radius 2 is 1.86 bits per heavy atom. The monoisotopic (exact) mass is 291 g/mol. The second kappa shape index (κ2) is 6.16. The Labute approximate surface area is 124 Å². The number of hydrogen-bond donors (Lipinski definition) is 1. The molecular formula is C16H21NO4. The summed E-state index contributed by atoms with van der Waals surface area (Å²) in [5.74, 6) is -0.648. The molecule has 1 amide bonds. The van der Waals surface area contributed by atoms with Gasteiger partial charge in [-0.2, -0.15) is 0 Å². The number of carbonyl (C=O) groups excluding carboxylic acids is 2. The van der Waals surface area contributed by atoms with Gasteiger partial charge in [0.1, 0.15) is 5.60 Å². The minimum absolute atomic E-state index is 0.227. The van der Waals surface area contributed by atoms with Gasteiger partial charge in [0.25, 0.3) is 0 Å².